The second-order valence-corrected chi connectivity index (χ2v) is 5.80. The molecule has 2 rings (SSSR count). The van der Waals surface area contributed by atoms with E-state index in [4.69, 9.17) is 0 Å². The van der Waals surface area contributed by atoms with Crippen LogP contribution in [0.5, 0.6) is 0 Å². The van der Waals surface area contributed by atoms with Crippen molar-refractivity contribution in [2.75, 3.05) is 5.43 Å². The fourth-order valence-electron chi connectivity index (χ4n) is 2.61. The number of nitro groups is 2. The number of hydrogen-bond acceptors (Lipinski definition) is 6. The molecule has 122 valence electrons. The number of allylic oxidation sites excluding steroid dienone is 2. The molecule has 23 heavy (non-hydrogen) atoms. The van der Waals surface area contributed by atoms with Crippen LogP contribution in [-0.2, 0) is 0 Å². The van der Waals surface area contributed by atoms with Crippen molar-refractivity contribution >= 4 is 22.8 Å². The largest absolute Gasteiger partial charge is 0.301 e. The molecule has 0 amide bonds. The number of hydrogen-bond donors (Lipinski definition) is 1. The Bertz CT molecular complexity index is 724. The third-order valence-corrected chi connectivity index (χ3v) is 3.97. The molecule has 0 saturated heterocycles. The Morgan fingerprint density at radius 3 is 2.48 bits per heavy atom. The van der Waals surface area contributed by atoms with Crippen molar-refractivity contribution in [3.8, 4) is 0 Å². The van der Waals surface area contributed by atoms with E-state index in [1.165, 1.54) is 17.7 Å². The van der Waals surface area contributed by atoms with E-state index < -0.39 is 9.85 Å². The Kier molecular flexibility index (Phi) is 4.73. The predicted octanol–water partition coefficient (Wildman–Crippen LogP) is 4.04. The van der Waals surface area contributed by atoms with Crippen LogP contribution in [0.25, 0.3) is 0 Å². The lowest BCUT2D eigenvalue weighted by molar-refractivity contribution is -0.393. The first kappa shape index (κ1) is 16.6. The monoisotopic (exact) mass is 318 g/mol. The van der Waals surface area contributed by atoms with Crippen molar-refractivity contribution in [2.45, 2.75) is 33.6 Å². The van der Waals surface area contributed by atoms with Crippen molar-refractivity contribution in [1.82, 2.24) is 0 Å². The highest BCUT2D eigenvalue weighted by molar-refractivity contribution is 6.01. The molecule has 0 radical (unpaired) electrons. The van der Waals surface area contributed by atoms with Crippen LogP contribution >= 0.6 is 0 Å². The van der Waals surface area contributed by atoms with Gasteiger partial charge in [-0.1, -0.05) is 12.5 Å². The SMILES string of the molecule is CC1=C(C)C(=NNc2ccc([N+](=O)[O-])cc2[N+](=O)[O-])CC(C)C1. The van der Waals surface area contributed by atoms with Crippen molar-refractivity contribution in [3.05, 3.63) is 49.6 Å². The Morgan fingerprint density at radius 2 is 1.87 bits per heavy atom. The van der Waals surface area contributed by atoms with E-state index in [0.717, 1.165) is 30.2 Å². The van der Waals surface area contributed by atoms with Crippen molar-refractivity contribution in [1.29, 1.82) is 0 Å². The molecule has 0 spiro atoms. The van der Waals surface area contributed by atoms with Gasteiger partial charge in [-0.3, -0.25) is 25.7 Å². The molecule has 8 nitrogen and oxygen atoms in total. The van der Waals surface area contributed by atoms with E-state index in [-0.39, 0.29) is 17.1 Å². The molecule has 0 bridgehead atoms. The van der Waals surface area contributed by atoms with Gasteiger partial charge in [-0.05, 0) is 44.2 Å². The number of nitrogens with one attached hydrogen (secondary N) is 1. The Morgan fingerprint density at radius 1 is 1.17 bits per heavy atom. The summed E-state index contributed by atoms with van der Waals surface area (Å²) in [5.41, 5.74) is 5.32. The maximum absolute atomic E-state index is 11.1. The lowest BCUT2D eigenvalue weighted by Gasteiger charge is -2.22. The van der Waals surface area contributed by atoms with Crippen LogP contribution in [0.3, 0.4) is 0 Å². The van der Waals surface area contributed by atoms with Crippen molar-refractivity contribution in [3.63, 3.8) is 0 Å². The number of hydrazone groups is 1. The van der Waals surface area contributed by atoms with Crippen molar-refractivity contribution in [2.24, 2.45) is 11.0 Å². The number of non-ortho nitro benzene ring substituents is 1. The number of benzene rings is 1. The summed E-state index contributed by atoms with van der Waals surface area (Å²) in [7, 11) is 0. The summed E-state index contributed by atoms with van der Waals surface area (Å²) >= 11 is 0. The minimum atomic E-state index is -0.665. The van der Waals surface area contributed by atoms with Gasteiger partial charge in [0.05, 0.1) is 21.6 Å². The van der Waals surface area contributed by atoms with Gasteiger partial charge in [-0.2, -0.15) is 5.10 Å². The normalized spacial score (nSPS) is 19.8. The van der Waals surface area contributed by atoms with Crippen LogP contribution in [0.2, 0.25) is 0 Å². The zero-order valence-electron chi connectivity index (χ0n) is 13.2. The van der Waals surface area contributed by atoms with Crippen LogP contribution in [0, 0.1) is 26.1 Å². The molecule has 0 aliphatic heterocycles. The summed E-state index contributed by atoms with van der Waals surface area (Å²) in [5, 5.41) is 26.1. The second-order valence-electron chi connectivity index (χ2n) is 5.80. The molecule has 8 heteroatoms. The predicted molar refractivity (Wildman–Crippen MR) is 87.6 cm³/mol. The van der Waals surface area contributed by atoms with Gasteiger partial charge in [0, 0.05) is 6.07 Å². The van der Waals surface area contributed by atoms with Crippen LogP contribution in [-0.4, -0.2) is 15.6 Å². The summed E-state index contributed by atoms with van der Waals surface area (Å²) in [6.07, 6.45) is 1.81. The van der Waals surface area contributed by atoms with Gasteiger partial charge in [-0.25, -0.2) is 0 Å². The highest BCUT2D eigenvalue weighted by Crippen LogP contribution is 2.30. The third-order valence-electron chi connectivity index (χ3n) is 3.97. The maximum atomic E-state index is 11.1. The molecule has 1 aliphatic carbocycles. The van der Waals surface area contributed by atoms with Crippen LogP contribution in [0.1, 0.15) is 33.6 Å². The average molecular weight is 318 g/mol. The summed E-state index contributed by atoms with van der Waals surface area (Å²) in [4.78, 5) is 20.5. The van der Waals surface area contributed by atoms with Gasteiger partial charge in [0.15, 0.2) is 0 Å². The molecule has 0 aromatic heterocycles. The molecule has 1 aromatic rings. The Balaban J connectivity index is 2.33. The molecular weight excluding hydrogens is 300 g/mol. The van der Waals surface area contributed by atoms with E-state index in [9.17, 15) is 20.2 Å². The standard InChI is InChI=1S/C15H18N4O4/c1-9-6-10(2)11(3)14(7-9)17-16-13-5-4-12(18(20)21)8-15(13)19(22)23/h4-5,8-9,16H,6-7H2,1-3H3. The first-order valence-electron chi connectivity index (χ1n) is 7.21. The molecule has 1 N–H and O–H groups in total. The molecule has 0 fully saturated rings. The molecular formula is C15H18N4O4. The fraction of sp³-hybridized carbons (Fsp3) is 0.400. The van der Waals surface area contributed by atoms with Gasteiger partial charge in [0.1, 0.15) is 5.69 Å². The number of nitrogens with zero attached hydrogens (tertiary/aromatic N) is 3. The Hall–Kier alpha value is -2.77. The third kappa shape index (κ3) is 3.71. The summed E-state index contributed by atoms with van der Waals surface area (Å²) in [6, 6.07) is 3.45. The maximum Gasteiger partial charge on any atom is 0.301 e. The van der Waals surface area contributed by atoms with E-state index in [1.54, 1.807) is 0 Å². The summed E-state index contributed by atoms with van der Waals surface area (Å²) in [6.45, 7) is 6.15. The van der Waals surface area contributed by atoms with E-state index in [1.807, 2.05) is 6.92 Å². The molecule has 1 aromatic carbocycles. The summed E-state index contributed by atoms with van der Waals surface area (Å²) < 4.78 is 0. The van der Waals surface area contributed by atoms with Gasteiger partial charge in [0.25, 0.3) is 5.69 Å². The van der Waals surface area contributed by atoms with Gasteiger partial charge in [0.2, 0.25) is 0 Å². The average Bonchev–Trinajstić information content (AvgIpc) is 2.49. The van der Waals surface area contributed by atoms with E-state index in [2.05, 4.69) is 24.4 Å². The smallest absolute Gasteiger partial charge is 0.271 e. The topological polar surface area (TPSA) is 111 Å². The zero-order chi connectivity index (χ0) is 17.1. The highest BCUT2D eigenvalue weighted by Gasteiger charge is 2.21. The molecule has 1 unspecified atom stereocenters. The fourth-order valence-corrected chi connectivity index (χ4v) is 2.61. The minimum Gasteiger partial charge on any atom is -0.271 e. The lowest BCUT2D eigenvalue weighted by atomic mass is 9.85. The number of nitro benzene ring substituents is 2. The van der Waals surface area contributed by atoms with Gasteiger partial charge >= 0.3 is 5.69 Å². The first-order valence-corrected chi connectivity index (χ1v) is 7.21. The zero-order valence-corrected chi connectivity index (χ0v) is 13.2. The number of anilines is 1. The van der Waals surface area contributed by atoms with Gasteiger partial charge < -0.3 is 0 Å². The minimum absolute atomic E-state index is 0.136. The van der Waals surface area contributed by atoms with Crippen LogP contribution < -0.4 is 5.43 Å². The van der Waals surface area contributed by atoms with E-state index in [0.29, 0.717) is 5.92 Å². The number of rotatable bonds is 4. The second kappa shape index (κ2) is 6.55. The highest BCUT2D eigenvalue weighted by atomic mass is 16.6. The molecule has 1 aliphatic rings. The van der Waals surface area contributed by atoms with Gasteiger partial charge in [-0.15, -0.1) is 0 Å². The molecule has 0 saturated carbocycles. The lowest BCUT2D eigenvalue weighted by Crippen LogP contribution is -2.16. The first-order chi connectivity index (χ1) is 10.8. The van der Waals surface area contributed by atoms with Crippen LogP contribution in [0.4, 0.5) is 17.1 Å². The van der Waals surface area contributed by atoms with Crippen molar-refractivity contribution < 1.29 is 9.85 Å². The molecule has 0 heterocycles. The summed E-state index contributed by atoms with van der Waals surface area (Å²) in [5.74, 6) is 0.464. The van der Waals surface area contributed by atoms with E-state index >= 15 is 0 Å². The molecule has 1 atom stereocenters. The quantitative estimate of drug-likeness (QED) is 0.665. The Labute approximate surface area is 133 Å². The van der Waals surface area contributed by atoms with Crippen LogP contribution in [0.15, 0.2) is 34.4 Å².